The number of nitrogens with zero attached hydrogens (tertiary/aromatic N) is 2. The third kappa shape index (κ3) is 3.48. The average Bonchev–Trinajstić information content (AvgIpc) is 2.96. The van der Waals surface area contributed by atoms with Crippen LogP contribution < -0.4 is 28.9 Å². The Morgan fingerprint density at radius 3 is 2.35 bits per heavy atom. The minimum Gasteiger partial charge on any atom is -1.00 e. The van der Waals surface area contributed by atoms with Gasteiger partial charge in [-0.05, 0) is 35.2 Å². The Kier molecular flexibility index (Phi) is 5.63. The summed E-state index contributed by atoms with van der Waals surface area (Å²) in [5.74, 6) is 0. The summed E-state index contributed by atoms with van der Waals surface area (Å²) in [6.45, 7) is 0. The lowest BCUT2D eigenvalue weighted by Gasteiger charge is -2.11. The molecule has 1 heterocycles. The van der Waals surface area contributed by atoms with Gasteiger partial charge in [-0.25, -0.2) is 0 Å². The summed E-state index contributed by atoms with van der Waals surface area (Å²) in [7, 11) is 6.28. The molecule has 0 aliphatic carbocycles. The second-order valence-corrected chi connectivity index (χ2v) is 7.51. The summed E-state index contributed by atoms with van der Waals surface area (Å²) in [5, 5.41) is 3.86. The summed E-state index contributed by atoms with van der Waals surface area (Å²) < 4.78 is 3.62. The third-order valence-electron chi connectivity index (χ3n) is 4.57. The second-order valence-electron chi connectivity index (χ2n) is 6.45. The normalized spacial score (nSPS) is 11.2. The number of fused-ring (bicyclic) bond motifs is 3. The van der Waals surface area contributed by atoms with E-state index in [0.29, 0.717) is 0 Å². The van der Waals surface area contributed by atoms with Crippen LogP contribution in [0.3, 0.4) is 0 Å². The third-order valence-corrected chi connectivity index (χ3v) is 5.74. The van der Waals surface area contributed by atoms with E-state index in [9.17, 15) is 0 Å². The second kappa shape index (κ2) is 7.76. The fraction of sp³-hybridized carbons (Fsp3) is 0.136. The van der Waals surface area contributed by atoms with Crippen molar-refractivity contribution in [2.45, 2.75) is 0 Å². The van der Waals surface area contributed by atoms with Crippen LogP contribution in [0.4, 0.5) is 5.69 Å². The quantitative estimate of drug-likeness (QED) is 0.329. The number of rotatable bonds is 3. The van der Waals surface area contributed by atoms with Crippen LogP contribution in [0.15, 0.2) is 60.7 Å². The fourth-order valence-electron chi connectivity index (χ4n) is 3.15. The first-order valence-electron chi connectivity index (χ1n) is 8.39. The lowest BCUT2D eigenvalue weighted by atomic mass is 10.1. The van der Waals surface area contributed by atoms with Crippen molar-refractivity contribution < 1.29 is 24.0 Å². The minimum absolute atomic E-state index is 0. The van der Waals surface area contributed by atoms with Gasteiger partial charge < -0.3 is 28.9 Å². The van der Waals surface area contributed by atoms with Gasteiger partial charge in [-0.2, -0.15) is 0 Å². The van der Waals surface area contributed by atoms with Crippen LogP contribution in [-0.2, 0) is 7.05 Å². The Morgan fingerprint density at radius 2 is 1.62 bits per heavy atom. The van der Waals surface area contributed by atoms with Crippen LogP contribution >= 0.6 is 11.3 Å². The Balaban J connectivity index is 0.00000196. The molecule has 3 aromatic carbocycles. The van der Waals surface area contributed by atoms with Gasteiger partial charge in [0.15, 0.2) is 0 Å². The summed E-state index contributed by atoms with van der Waals surface area (Å²) in [4.78, 5) is 2.12. The molecule has 0 N–H and O–H groups in total. The number of benzene rings is 3. The Bertz CT molecular complexity index is 1080. The first kappa shape index (κ1) is 18.9. The number of aromatic nitrogens is 1. The topological polar surface area (TPSA) is 8.17 Å². The molecule has 132 valence electrons. The number of anilines is 1. The number of thiazole rings is 1. The van der Waals surface area contributed by atoms with Gasteiger partial charge in [0.1, 0.15) is 5.52 Å². The smallest absolute Gasteiger partial charge is 0.305 e. The molecule has 2 nitrogen and oxygen atoms in total. The fourth-order valence-corrected chi connectivity index (χ4v) is 4.22. The molecule has 26 heavy (non-hydrogen) atoms. The maximum absolute atomic E-state index is 2.30. The van der Waals surface area contributed by atoms with Crippen LogP contribution in [0.5, 0.6) is 0 Å². The van der Waals surface area contributed by atoms with E-state index < -0.39 is 0 Å². The van der Waals surface area contributed by atoms with Crippen molar-refractivity contribution in [1.82, 2.24) is 4.57 Å². The zero-order valence-corrected chi connectivity index (χ0v) is 18.1. The number of aryl methyl sites for hydroxylation is 1. The summed E-state index contributed by atoms with van der Waals surface area (Å²) in [5.41, 5.74) is 3.75. The van der Waals surface area contributed by atoms with Gasteiger partial charge in [0, 0.05) is 44.4 Å². The van der Waals surface area contributed by atoms with Crippen LogP contribution in [0.2, 0.25) is 0 Å². The van der Waals surface area contributed by atoms with E-state index in [-0.39, 0.29) is 24.0 Å². The monoisotopic (exact) mass is 472 g/mol. The Hall–Kier alpha value is -1.92. The van der Waals surface area contributed by atoms with Gasteiger partial charge in [-0.3, -0.25) is 4.57 Å². The molecule has 4 aromatic rings. The highest BCUT2D eigenvalue weighted by atomic mass is 127. The van der Waals surface area contributed by atoms with Gasteiger partial charge in [0.2, 0.25) is 11.3 Å². The molecule has 0 bridgehead atoms. The maximum Gasteiger partial charge on any atom is 0.305 e. The molecule has 4 rings (SSSR count). The Morgan fingerprint density at radius 1 is 0.885 bits per heavy atom. The average molecular weight is 472 g/mol. The molecule has 0 spiro atoms. The minimum atomic E-state index is 0. The molecule has 0 aliphatic heterocycles. The highest BCUT2D eigenvalue weighted by molar-refractivity contribution is 7.19. The molecule has 0 aliphatic rings. The standard InChI is InChI=1S/C22H21N2S.HI/c1-23(2)18-12-8-16(9-13-18)10-15-21-24(3)22-19-7-5-4-6-17(19)11-14-20(22)25-21;/h4-15H,1-3H3;1H/q+1;/p-1/b15-10+;. The van der Waals surface area contributed by atoms with E-state index >= 15 is 0 Å². The van der Waals surface area contributed by atoms with E-state index in [1.165, 1.54) is 37.2 Å². The van der Waals surface area contributed by atoms with Crippen LogP contribution in [-0.4, -0.2) is 18.7 Å². The zero-order chi connectivity index (χ0) is 17.4. The van der Waals surface area contributed by atoms with Crippen molar-refractivity contribution in [3.05, 3.63) is 71.2 Å². The van der Waals surface area contributed by atoms with E-state index in [2.05, 4.69) is 103 Å². The first-order chi connectivity index (χ1) is 12.1. The lowest BCUT2D eigenvalue weighted by Crippen LogP contribution is -3.00. The van der Waals surface area contributed by atoms with Crippen molar-refractivity contribution in [3.8, 4) is 0 Å². The van der Waals surface area contributed by atoms with Crippen LogP contribution in [0, 0.1) is 0 Å². The van der Waals surface area contributed by atoms with E-state index in [4.69, 9.17) is 0 Å². The molecule has 0 atom stereocenters. The first-order valence-corrected chi connectivity index (χ1v) is 9.21. The van der Waals surface area contributed by atoms with Crippen LogP contribution in [0.25, 0.3) is 33.1 Å². The van der Waals surface area contributed by atoms with Gasteiger partial charge in [-0.1, -0.05) is 36.4 Å². The lowest BCUT2D eigenvalue weighted by molar-refractivity contribution is -0.00000480. The highest BCUT2D eigenvalue weighted by Gasteiger charge is 2.19. The summed E-state index contributed by atoms with van der Waals surface area (Å²) in [6, 6.07) is 21.7. The predicted molar refractivity (Wildman–Crippen MR) is 112 cm³/mol. The van der Waals surface area contributed by atoms with E-state index in [1.54, 1.807) is 0 Å². The van der Waals surface area contributed by atoms with Gasteiger partial charge >= 0.3 is 5.01 Å². The Labute approximate surface area is 175 Å². The number of hydrogen-bond donors (Lipinski definition) is 0. The predicted octanol–water partition coefficient (Wildman–Crippen LogP) is 2.91. The molecular weight excluding hydrogens is 451 g/mol. The van der Waals surface area contributed by atoms with Crippen molar-refractivity contribution in [2.75, 3.05) is 19.0 Å². The van der Waals surface area contributed by atoms with Crippen molar-refractivity contribution in [3.63, 3.8) is 0 Å². The SMILES string of the molecule is CN(C)c1ccc(/C=C/c2[s+]c3ccc4ccccc4c3n2C)cc1.[I-]. The molecule has 0 radical (unpaired) electrons. The number of hydrogen-bond acceptors (Lipinski definition) is 1. The molecule has 4 heteroatoms. The van der Waals surface area contributed by atoms with E-state index in [0.717, 1.165) is 0 Å². The molecule has 0 fully saturated rings. The zero-order valence-electron chi connectivity index (χ0n) is 15.1. The summed E-state index contributed by atoms with van der Waals surface area (Å²) in [6.07, 6.45) is 4.40. The molecule has 0 saturated carbocycles. The van der Waals surface area contributed by atoms with Crippen LogP contribution in [0.1, 0.15) is 10.6 Å². The largest absolute Gasteiger partial charge is 1.00 e. The number of halogens is 1. The summed E-state index contributed by atoms with van der Waals surface area (Å²) >= 11 is 1.83. The van der Waals surface area contributed by atoms with Crippen molar-refractivity contribution in [2.24, 2.45) is 7.05 Å². The highest BCUT2D eigenvalue weighted by Crippen LogP contribution is 2.32. The molecule has 1 aromatic heterocycles. The van der Waals surface area contributed by atoms with Gasteiger partial charge in [0.25, 0.3) is 4.70 Å². The van der Waals surface area contributed by atoms with Gasteiger partial charge in [-0.15, -0.1) is 0 Å². The molecular formula is C22H21IN2S. The molecule has 0 saturated heterocycles. The van der Waals surface area contributed by atoms with Crippen molar-refractivity contribution in [1.29, 1.82) is 0 Å². The molecule has 0 amide bonds. The molecule has 0 unspecified atom stereocenters. The van der Waals surface area contributed by atoms with Gasteiger partial charge in [0.05, 0.1) is 0 Å². The maximum atomic E-state index is 2.30. The van der Waals surface area contributed by atoms with E-state index in [1.807, 2.05) is 11.3 Å². The van der Waals surface area contributed by atoms with Crippen molar-refractivity contribution >= 4 is 50.2 Å².